The number of nitrogens with zero attached hydrogens (tertiary/aromatic N) is 1. The first kappa shape index (κ1) is 14.1. The Kier molecular flexibility index (Phi) is 5.57. The molecule has 6 nitrogen and oxygen atoms in total. The lowest BCUT2D eigenvalue weighted by Gasteiger charge is -2.22. The van der Waals surface area contributed by atoms with E-state index >= 15 is 0 Å². The number of urea groups is 1. The molecule has 0 bridgehead atoms. The largest absolute Gasteiger partial charge is 0.480 e. The molecule has 98 valence electrons. The van der Waals surface area contributed by atoms with E-state index in [0.29, 0.717) is 24.8 Å². The van der Waals surface area contributed by atoms with Crippen LogP contribution < -0.4 is 5.32 Å². The Bertz CT molecular complexity index is 287. The van der Waals surface area contributed by atoms with Crippen molar-refractivity contribution in [3.05, 3.63) is 0 Å². The summed E-state index contributed by atoms with van der Waals surface area (Å²) in [7, 11) is 0. The quantitative estimate of drug-likeness (QED) is 0.757. The number of aliphatic carboxylic acids is 1. The molecule has 2 amide bonds. The highest BCUT2D eigenvalue weighted by atomic mass is 32.2. The molecule has 0 aliphatic carbocycles. The first-order valence-electron chi connectivity index (χ1n) is 5.52. The maximum atomic E-state index is 11.8. The van der Waals surface area contributed by atoms with E-state index in [0.717, 1.165) is 0 Å². The number of hydrogen-bond donors (Lipinski definition) is 2. The van der Waals surface area contributed by atoms with E-state index in [1.807, 2.05) is 13.8 Å². The Morgan fingerprint density at radius 3 is 2.94 bits per heavy atom. The van der Waals surface area contributed by atoms with Crippen LogP contribution in [0.3, 0.4) is 0 Å². The van der Waals surface area contributed by atoms with Crippen molar-refractivity contribution >= 4 is 23.8 Å². The van der Waals surface area contributed by atoms with Gasteiger partial charge in [0.05, 0.1) is 12.0 Å². The number of carboxylic acids is 1. The van der Waals surface area contributed by atoms with Gasteiger partial charge in [-0.05, 0) is 13.8 Å². The molecular weight excluding hydrogens is 244 g/mol. The summed E-state index contributed by atoms with van der Waals surface area (Å²) in [6.45, 7) is 4.72. The molecule has 0 aromatic heterocycles. The minimum Gasteiger partial charge on any atom is -0.480 e. The van der Waals surface area contributed by atoms with Crippen LogP contribution in [0, 0.1) is 0 Å². The summed E-state index contributed by atoms with van der Waals surface area (Å²) in [6.07, 6.45) is -0.0671. The van der Waals surface area contributed by atoms with Crippen molar-refractivity contribution in [3.8, 4) is 0 Å². The second kappa shape index (κ2) is 6.70. The summed E-state index contributed by atoms with van der Waals surface area (Å²) in [6, 6.07) is -1.06. The van der Waals surface area contributed by atoms with Crippen LogP contribution in [0.5, 0.6) is 0 Å². The number of ether oxygens (including phenoxy) is 1. The molecule has 0 spiro atoms. The molecule has 1 fully saturated rings. The van der Waals surface area contributed by atoms with Crippen LogP contribution in [0.4, 0.5) is 4.79 Å². The molecule has 1 aliphatic heterocycles. The Balaban J connectivity index is 2.39. The standard InChI is InChI=1S/C10H18N2O4S/c1-3-16-7(2)4-11-10(15)12-6-17-5-8(12)9(13)14/h7-8H,3-6H2,1-2H3,(H,11,15)(H,13,14)/t7?,8-/m0/s1. The van der Waals surface area contributed by atoms with E-state index in [1.54, 1.807) is 0 Å². The van der Waals surface area contributed by atoms with E-state index in [1.165, 1.54) is 16.7 Å². The molecule has 0 aromatic carbocycles. The van der Waals surface area contributed by atoms with Gasteiger partial charge in [0, 0.05) is 18.9 Å². The zero-order valence-electron chi connectivity index (χ0n) is 10.0. The van der Waals surface area contributed by atoms with Crippen molar-refractivity contribution in [2.45, 2.75) is 26.0 Å². The van der Waals surface area contributed by atoms with Crippen molar-refractivity contribution in [1.82, 2.24) is 10.2 Å². The third-order valence-corrected chi connectivity index (χ3v) is 3.43. The van der Waals surface area contributed by atoms with Gasteiger partial charge in [0.1, 0.15) is 6.04 Å². The molecule has 0 aromatic rings. The number of amides is 2. The highest BCUT2D eigenvalue weighted by Crippen LogP contribution is 2.20. The van der Waals surface area contributed by atoms with Gasteiger partial charge in [-0.2, -0.15) is 0 Å². The van der Waals surface area contributed by atoms with E-state index in [4.69, 9.17) is 9.84 Å². The minimum atomic E-state index is -0.956. The van der Waals surface area contributed by atoms with Crippen LogP contribution in [0.25, 0.3) is 0 Å². The summed E-state index contributed by atoms with van der Waals surface area (Å²) in [5.41, 5.74) is 0. The Morgan fingerprint density at radius 1 is 1.65 bits per heavy atom. The van der Waals surface area contributed by atoms with Crippen LogP contribution in [0.2, 0.25) is 0 Å². The van der Waals surface area contributed by atoms with Gasteiger partial charge >= 0.3 is 12.0 Å². The van der Waals surface area contributed by atoms with Crippen LogP contribution in [-0.2, 0) is 9.53 Å². The predicted octanol–water partition coefficient (Wildman–Crippen LogP) is 0.580. The monoisotopic (exact) mass is 262 g/mol. The number of thioether (sulfide) groups is 1. The summed E-state index contributed by atoms with van der Waals surface area (Å²) in [5.74, 6) is -0.0849. The van der Waals surface area contributed by atoms with E-state index in [9.17, 15) is 9.59 Å². The van der Waals surface area contributed by atoms with Crippen LogP contribution in [0.15, 0.2) is 0 Å². The lowest BCUT2D eigenvalue weighted by Crippen LogP contribution is -2.48. The Hall–Kier alpha value is -0.950. The molecule has 1 aliphatic rings. The molecule has 17 heavy (non-hydrogen) atoms. The maximum Gasteiger partial charge on any atom is 0.327 e. The lowest BCUT2D eigenvalue weighted by molar-refractivity contribution is -0.140. The summed E-state index contributed by atoms with van der Waals surface area (Å²) in [5, 5.41) is 11.6. The minimum absolute atomic E-state index is 0.0671. The first-order chi connectivity index (χ1) is 8.06. The molecule has 0 saturated carbocycles. The SMILES string of the molecule is CCOC(C)CNC(=O)N1CSC[C@H]1C(=O)O. The molecule has 1 rings (SSSR count). The van der Waals surface area contributed by atoms with E-state index in [-0.39, 0.29) is 12.1 Å². The molecule has 1 heterocycles. The Labute approximate surface area is 105 Å². The van der Waals surface area contributed by atoms with Gasteiger partial charge in [-0.25, -0.2) is 9.59 Å². The van der Waals surface area contributed by atoms with Gasteiger partial charge < -0.3 is 20.1 Å². The summed E-state index contributed by atoms with van der Waals surface area (Å²) < 4.78 is 5.27. The highest BCUT2D eigenvalue weighted by Gasteiger charge is 2.34. The smallest absolute Gasteiger partial charge is 0.327 e. The van der Waals surface area contributed by atoms with Crippen LogP contribution in [-0.4, -0.2) is 58.9 Å². The second-order valence-corrected chi connectivity index (χ2v) is 4.78. The second-order valence-electron chi connectivity index (χ2n) is 3.78. The maximum absolute atomic E-state index is 11.8. The van der Waals surface area contributed by atoms with Crippen LogP contribution in [0.1, 0.15) is 13.8 Å². The molecule has 1 saturated heterocycles. The van der Waals surface area contributed by atoms with Crippen LogP contribution >= 0.6 is 11.8 Å². The van der Waals surface area contributed by atoms with E-state index in [2.05, 4.69) is 5.32 Å². The topological polar surface area (TPSA) is 78.9 Å². The predicted molar refractivity (Wildman–Crippen MR) is 65.1 cm³/mol. The molecule has 1 unspecified atom stereocenters. The number of rotatable bonds is 5. The lowest BCUT2D eigenvalue weighted by atomic mass is 10.3. The van der Waals surface area contributed by atoms with Gasteiger partial charge in [-0.3, -0.25) is 0 Å². The summed E-state index contributed by atoms with van der Waals surface area (Å²) >= 11 is 1.44. The average Bonchev–Trinajstić information content (AvgIpc) is 2.75. The molecular formula is C10H18N2O4S. The van der Waals surface area contributed by atoms with Crippen molar-refractivity contribution in [3.63, 3.8) is 0 Å². The highest BCUT2D eigenvalue weighted by molar-refractivity contribution is 7.99. The fraction of sp³-hybridized carbons (Fsp3) is 0.800. The average molecular weight is 262 g/mol. The molecule has 2 N–H and O–H groups in total. The van der Waals surface area contributed by atoms with Crippen molar-refractivity contribution < 1.29 is 19.4 Å². The van der Waals surface area contributed by atoms with Gasteiger partial charge in [-0.15, -0.1) is 11.8 Å². The third-order valence-electron chi connectivity index (χ3n) is 2.42. The van der Waals surface area contributed by atoms with Crippen molar-refractivity contribution in [2.24, 2.45) is 0 Å². The number of hydrogen-bond acceptors (Lipinski definition) is 4. The van der Waals surface area contributed by atoms with E-state index < -0.39 is 12.0 Å². The Morgan fingerprint density at radius 2 is 2.35 bits per heavy atom. The van der Waals surface area contributed by atoms with Crippen molar-refractivity contribution in [1.29, 1.82) is 0 Å². The fourth-order valence-corrected chi connectivity index (χ4v) is 2.67. The zero-order valence-corrected chi connectivity index (χ0v) is 10.8. The normalized spacial score (nSPS) is 21.3. The number of carboxylic acid groups (broad SMARTS) is 1. The number of carbonyl (C=O) groups is 2. The number of carbonyl (C=O) groups excluding carboxylic acids is 1. The van der Waals surface area contributed by atoms with Gasteiger partial charge in [0.25, 0.3) is 0 Å². The molecule has 7 heteroatoms. The molecule has 0 radical (unpaired) electrons. The molecule has 2 atom stereocenters. The first-order valence-corrected chi connectivity index (χ1v) is 6.68. The summed E-state index contributed by atoms with van der Waals surface area (Å²) in [4.78, 5) is 24.0. The fourth-order valence-electron chi connectivity index (χ4n) is 1.52. The number of nitrogens with one attached hydrogen (secondary N) is 1. The van der Waals surface area contributed by atoms with Gasteiger partial charge in [-0.1, -0.05) is 0 Å². The zero-order chi connectivity index (χ0) is 12.8. The van der Waals surface area contributed by atoms with Gasteiger partial charge in [0.15, 0.2) is 0 Å². The van der Waals surface area contributed by atoms with Crippen molar-refractivity contribution in [2.75, 3.05) is 24.8 Å². The van der Waals surface area contributed by atoms with Gasteiger partial charge in [0.2, 0.25) is 0 Å². The third kappa shape index (κ3) is 4.08.